The standard InChI is InChI=1S/C16H18ClFN4O/c1-10-14(17)15(20-21(10)2)16(23)19-11-7-8-22(9-11)13-6-4-3-5-12(13)18/h3-6,11H,7-9H2,1-2H3,(H,19,23)/t11-/m1/s1. The number of aromatic nitrogens is 2. The molecule has 5 nitrogen and oxygen atoms in total. The number of hydrogen-bond donors (Lipinski definition) is 1. The number of amides is 1. The lowest BCUT2D eigenvalue weighted by atomic mass is 10.2. The third-order valence-electron chi connectivity index (χ3n) is 4.19. The van der Waals surface area contributed by atoms with Gasteiger partial charge in [-0.2, -0.15) is 5.10 Å². The van der Waals surface area contributed by atoms with Gasteiger partial charge >= 0.3 is 0 Å². The summed E-state index contributed by atoms with van der Waals surface area (Å²) in [5.74, 6) is -0.540. The summed E-state index contributed by atoms with van der Waals surface area (Å²) in [6.07, 6.45) is 0.753. The van der Waals surface area contributed by atoms with E-state index in [1.807, 2.05) is 11.8 Å². The van der Waals surface area contributed by atoms with E-state index in [4.69, 9.17) is 11.6 Å². The van der Waals surface area contributed by atoms with Crippen LogP contribution < -0.4 is 10.2 Å². The summed E-state index contributed by atoms with van der Waals surface area (Å²) in [6, 6.07) is 6.61. The minimum Gasteiger partial charge on any atom is -0.367 e. The maximum Gasteiger partial charge on any atom is 0.273 e. The first kappa shape index (κ1) is 15.8. The van der Waals surface area contributed by atoms with E-state index < -0.39 is 0 Å². The van der Waals surface area contributed by atoms with Crippen LogP contribution in [0.4, 0.5) is 10.1 Å². The molecule has 1 aliphatic rings. The molecular formula is C16H18ClFN4O. The maximum absolute atomic E-state index is 13.8. The largest absolute Gasteiger partial charge is 0.367 e. The molecule has 1 fully saturated rings. The summed E-state index contributed by atoms with van der Waals surface area (Å²) in [4.78, 5) is 14.3. The fourth-order valence-electron chi connectivity index (χ4n) is 2.79. The topological polar surface area (TPSA) is 50.2 Å². The molecular weight excluding hydrogens is 319 g/mol. The van der Waals surface area contributed by atoms with E-state index in [0.717, 1.165) is 12.1 Å². The Balaban J connectivity index is 1.67. The Morgan fingerprint density at radius 2 is 2.17 bits per heavy atom. The number of hydrogen-bond acceptors (Lipinski definition) is 3. The Hall–Kier alpha value is -2.08. The molecule has 1 atom stereocenters. The van der Waals surface area contributed by atoms with Crippen molar-refractivity contribution < 1.29 is 9.18 Å². The van der Waals surface area contributed by atoms with Crippen molar-refractivity contribution in [2.75, 3.05) is 18.0 Å². The molecule has 2 aromatic rings. The fourth-order valence-corrected chi connectivity index (χ4v) is 3.03. The number of nitrogens with zero attached hydrogens (tertiary/aromatic N) is 3. The second kappa shape index (κ2) is 6.20. The van der Waals surface area contributed by atoms with Gasteiger partial charge in [-0.1, -0.05) is 23.7 Å². The third-order valence-corrected chi connectivity index (χ3v) is 4.65. The van der Waals surface area contributed by atoms with Crippen LogP contribution in [0, 0.1) is 12.7 Å². The van der Waals surface area contributed by atoms with Gasteiger partial charge in [-0.25, -0.2) is 4.39 Å². The van der Waals surface area contributed by atoms with Gasteiger partial charge in [0.25, 0.3) is 5.91 Å². The zero-order valence-corrected chi connectivity index (χ0v) is 13.8. The molecule has 0 radical (unpaired) electrons. The third kappa shape index (κ3) is 3.03. The van der Waals surface area contributed by atoms with Gasteiger partial charge in [0.2, 0.25) is 0 Å². The van der Waals surface area contributed by atoms with Gasteiger partial charge in [0.15, 0.2) is 5.69 Å². The highest BCUT2D eigenvalue weighted by Gasteiger charge is 2.27. The van der Waals surface area contributed by atoms with Crippen LogP contribution >= 0.6 is 11.6 Å². The van der Waals surface area contributed by atoms with Gasteiger partial charge in [-0.15, -0.1) is 0 Å². The first-order chi connectivity index (χ1) is 11.0. The van der Waals surface area contributed by atoms with Gasteiger partial charge in [-0.05, 0) is 25.5 Å². The summed E-state index contributed by atoms with van der Waals surface area (Å²) in [5, 5.41) is 7.44. The number of rotatable bonds is 3. The Morgan fingerprint density at radius 3 is 2.83 bits per heavy atom. The predicted octanol–water partition coefficient (Wildman–Crippen LogP) is 2.53. The van der Waals surface area contributed by atoms with Crippen LogP contribution in [0.3, 0.4) is 0 Å². The summed E-state index contributed by atoms with van der Waals surface area (Å²) in [6.45, 7) is 3.07. The average molecular weight is 337 g/mol. The van der Waals surface area contributed by atoms with Crippen molar-refractivity contribution in [1.82, 2.24) is 15.1 Å². The lowest BCUT2D eigenvalue weighted by molar-refractivity contribution is 0.0935. The Morgan fingerprint density at radius 1 is 1.43 bits per heavy atom. The van der Waals surface area contributed by atoms with E-state index in [0.29, 0.717) is 23.8 Å². The van der Waals surface area contributed by atoms with Crippen molar-refractivity contribution in [3.05, 3.63) is 46.5 Å². The minimum absolute atomic E-state index is 0.0551. The van der Waals surface area contributed by atoms with E-state index in [-0.39, 0.29) is 23.5 Å². The molecule has 122 valence electrons. The molecule has 23 heavy (non-hydrogen) atoms. The summed E-state index contributed by atoms with van der Waals surface area (Å²) in [7, 11) is 1.74. The quantitative estimate of drug-likeness (QED) is 0.937. The molecule has 0 bridgehead atoms. The molecule has 7 heteroatoms. The lowest BCUT2D eigenvalue weighted by Gasteiger charge is -2.19. The van der Waals surface area contributed by atoms with Crippen LogP contribution in [0.15, 0.2) is 24.3 Å². The number of carbonyl (C=O) groups excluding carboxylic acids is 1. The van der Waals surface area contributed by atoms with Crippen LogP contribution in [-0.4, -0.2) is 34.8 Å². The SMILES string of the molecule is Cc1c(Cl)c(C(=O)N[C@@H]2CCN(c3ccccc3F)C2)nn1C. The number of anilines is 1. The zero-order valence-electron chi connectivity index (χ0n) is 13.0. The van der Waals surface area contributed by atoms with Crippen molar-refractivity contribution in [2.24, 2.45) is 7.05 Å². The molecule has 0 saturated carbocycles. The van der Waals surface area contributed by atoms with Crippen molar-refractivity contribution in [2.45, 2.75) is 19.4 Å². The predicted molar refractivity (Wildman–Crippen MR) is 87.4 cm³/mol. The van der Waals surface area contributed by atoms with Crippen molar-refractivity contribution in [1.29, 1.82) is 0 Å². The molecule has 0 aliphatic carbocycles. The zero-order chi connectivity index (χ0) is 16.6. The number of carbonyl (C=O) groups is 1. The molecule has 1 N–H and O–H groups in total. The van der Waals surface area contributed by atoms with Crippen molar-refractivity contribution >= 4 is 23.2 Å². The molecule has 1 saturated heterocycles. The van der Waals surface area contributed by atoms with E-state index >= 15 is 0 Å². The van der Waals surface area contributed by atoms with Crippen LogP contribution in [-0.2, 0) is 7.05 Å². The van der Waals surface area contributed by atoms with Gasteiger partial charge in [-0.3, -0.25) is 9.48 Å². The Labute approximate surface area is 139 Å². The highest BCUT2D eigenvalue weighted by molar-refractivity contribution is 6.34. The summed E-state index contributed by atoms with van der Waals surface area (Å²) in [5.41, 5.74) is 1.54. The second-order valence-corrected chi connectivity index (χ2v) is 6.11. The minimum atomic E-state index is -0.293. The highest BCUT2D eigenvalue weighted by atomic mass is 35.5. The number of para-hydroxylation sites is 1. The number of halogens is 2. The molecule has 1 aromatic heterocycles. The molecule has 1 aromatic carbocycles. The normalized spacial score (nSPS) is 17.6. The van der Waals surface area contributed by atoms with E-state index in [9.17, 15) is 9.18 Å². The van der Waals surface area contributed by atoms with Crippen LogP contribution in [0.1, 0.15) is 22.6 Å². The van der Waals surface area contributed by atoms with Gasteiger partial charge in [0.05, 0.1) is 16.4 Å². The second-order valence-electron chi connectivity index (χ2n) is 5.73. The molecule has 0 unspecified atom stereocenters. The monoisotopic (exact) mass is 336 g/mol. The highest BCUT2D eigenvalue weighted by Crippen LogP contribution is 2.24. The molecule has 2 heterocycles. The number of nitrogens with one attached hydrogen (secondary N) is 1. The van der Waals surface area contributed by atoms with E-state index in [1.165, 1.54) is 6.07 Å². The van der Waals surface area contributed by atoms with E-state index in [2.05, 4.69) is 10.4 Å². The molecule has 0 spiro atoms. The first-order valence-electron chi connectivity index (χ1n) is 7.47. The molecule has 3 rings (SSSR count). The Kier molecular flexibility index (Phi) is 4.26. The number of benzene rings is 1. The smallest absolute Gasteiger partial charge is 0.273 e. The van der Waals surface area contributed by atoms with Crippen LogP contribution in [0.5, 0.6) is 0 Å². The van der Waals surface area contributed by atoms with Gasteiger partial charge in [0, 0.05) is 26.2 Å². The summed E-state index contributed by atoms with van der Waals surface area (Å²) < 4.78 is 15.4. The lowest BCUT2D eigenvalue weighted by Crippen LogP contribution is -2.37. The average Bonchev–Trinajstić information content (AvgIpc) is 3.08. The van der Waals surface area contributed by atoms with E-state index in [1.54, 1.807) is 29.9 Å². The van der Waals surface area contributed by atoms with Crippen LogP contribution in [0.2, 0.25) is 5.02 Å². The molecule has 1 amide bonds. The number of aryl methyl sites for hydroxylation is 1. The fraction of sp³-hybridized carbons (Fsp3) is 0.375. The van der Waals surface area contributed by atoms with Gasteiger partial charge in [0.1, 0.15) is 5.82 Å². The van der Waals surface area contributed by atoms with Crippen LogP contribution in [0.25, 0.3) is 0 Å². The summed E-state index contributed by atoms with van der Waals surface area (Å²) >= 11 is 6.14. The molecule has 1 aliphatic heterocycles. The Bertz CT molecular complexity index is 746. The first-order valence-corrected chi connectivity index (χ1v) is 7.84. The van der Waals surface area contributed by atoms with Crippen molar-refractivity contribution in [3.63, 3.8) is 0 Å². The van der Waals surface area contributed by atoms with Crippen molar-refractivity contribution in [3.8, 4) is 0 Å². The van der Waals surface area contributed by atoms with Gasteiger partial charge < -0.3 is 10.2 Å². The maximum atomic E-state index is 13.8.